The molecule has 2 aromatic heterocycles. The molecule has 4 rings (SSSR count). The molecule has 176 valence electrons. The molecule has 0 radical (unpaired) electrons. The fraction of sp³-hybridized carbons (Fsp3) is 0.174. The lowest BCUT2D eigenvalue weighted by atomic mass is 10.1. The Morgan fingerprint density at radius 3 is 2.68 bits per heavy atom. The first kappa shape index (κ1) is 23.9. The Balaban J connectivity index is 1.63. The van der Waals surface area contributed by atoms with Crippen molar-refractivity contribution in [1.29, 1.82) is 0 Å². The number of hydrogen-bond donors (Lipinski definition) is 1. The van der Waals surface area contributed by atoms with Crippen LogP contribution in [-0.4, -0.2) is 20.7 Å². The molecule has 2 heterocycles. The number of aromatic nitrogens is 3. The van der Waals surface area contributed by atoms with Gasteiger partial charge < -0.3 is 9.73 Å². The van der Waals surface area contributed by atoms with Gasteiger partial charge in [0.2, 0.25) is 0 Å². The first-order valence-corrected chi connectivity index (χ1v) is 11.4. The van der Waals surface area contributed by atoms with Gasteiger partial charge in [0.25, 0.3) is 5.91 Å². The van der Waals surface area contributed by atoms with E-state index in [-0.39, 0.29) is 11.7 Å². The summed E-state index contributed by atoms with van der Waals surface area (Å²) in [4.78, 5) is 12.5. The number of thioether (sulfide) groups is 1. The summed E-state index contributed by atoms with van der Waals surface area (Å²) in [5.74, 6) is 0.323. The van der Waals surface area contributed by atoms with Gasteiger partial charge in [-0.1, -0.05) is 47.6 Å². The Hall–Kier alpha value is -3.24. The van der Waals surface area contributed by atoms with Gasteiger partial charge in [-0.05, 0) is 42.8 Å². The number of rotatable bonds is 7. The number of alkyl halides is 3. The molecule has 0 aliphatic heterocycles. The average Bonchev–Trinajstić information content (AvgIpc) is 3.48. The van der Waals surface area contributed by atoms with Crippen molar-refractivity contribution in [3.8, 4) is 5.69 Å². The quantitative estimate of drug-likeness (QED) is 0.297. The van der Waals surface area contributed by atoms with Gasteiger partial charge in [0.05, 0.1) is 29.1 Å². The molecule has 2 aromatic carbocycles. The van der Waals surface area contributed by atoms with E-state index in [1.807, 2.05) is 0 Å². The standard InChI is InChI=1S/C23H18ClF3N4O2S/c1-14(28-21(32)16-8-9-33-12-16)20-29-30-22(31(20)19-7-3-6-18(24)11-19)34-13-15-4-2-5-17(10-15)23(25,26)27/h2-12,14H,13H2,1H3,(H,28,32)/t14-/m0/s1. The predicted octanol–water partition coefficient (Wildman–Crippen LogP) is 6.32. The summed E-state index contributed by atoms with van der Waals surface area (Å²) in [5, 5.41) is 12.3. The van der Waals surface area contributed by atoms with Crippen LogP contribution in [0.3, 0.4) is 0 Å². The highest BCUT2D eigenvalue weighted by Gasteiger charge is 2.30. The molecule has 1 atom stereocenters. The molecule has 1 N–H and O–H groups in total. The summed E-state index contributed by atoms with van der Waals surface area (Å²) in [6.07, 6.45) is -1.69. The van der Waals surface area contributed by atoms with Crippen LogP contribution in [0.5, 0.6) is 0 Å². The molecule has 0 unspecified atom stereocenters. The van der Waals surface area contributed by atoms with Crippen LogP contribution in [0.2, 0.25) is 5.02 Å². The maximum atomic E-state index is 13.1. The van der Waals surface area contributed by atoms with E-state index < -0.39 is 17.8 Å². The molecule has 0 aliphatic carbocycles. The van der Waals surface area contributed by atoms with Crippen LogP contribution < -0.4 is 5.32 Å². The van der Waals surface area contributed by atoms with Crippen molar-refractivity contribution >= 4 is 29.3 Å². The van der Waals surface area contributed by atoms with Crippen LogP contribution in [0.25, 0.3) is 5.69 Å². The summed E-state index contributed by atoms with van der Waals surface area (Å²) < 4.78 is 45.9. The van der Waals surface area contributed by atoms with E-state index in [1.54, 1.807) is 47.9 Å². The lowest BCUT2D eigenvalue weighted by Gasteiger charge is -2.16. The fourth-order valence-electron chi connectivity index (χ4n) is 3.24. The molecule has 34 heavy (non-hydrogen) atoms. The summed E-state index contributed by atoms with van der Waals surface area (Å²) in [6.45, 7) is 1.75. The third kappa shape index (κ3) is 5.45. The van der Waals surface area contributed by atoms with Crippen molar-refractivity contribution in [2.45, 2.75) is 30.1 Å². The molecule has 0 aliphatic rings. The van der Waals surface area contributed by atoms with Crippen molar-refractivity contribution in [1.82, 2.24) is 20.1 Å². The molecule has 1 amide bonds. The van der Waals surface area contributed by atoms with E-state index in [1.165, 1.54) is 30.4 Å². The molecule has 0 saturated carbocycles. The van der Waals surface area contributed by atoms with Gasteiger partial charge in [-0.2, -0.15) is 13.2 Å². The predicted molar refractivity (Wildman–Crippen MR) is 122 cm³/mol. The molecule has 0 saturated heterocycles. The second-order valence-electron chi connectivity index (χ2n) is 7.35. The zero-order valence-electron chi connectivity index (χ0n) is 17.7. The largest absolute Gasteiger partial charge is 0.472 e. The second kappa shape index (κ2) is 9.94. The van der Waals surface area contributed by atoms with Crippen LogP contribution in [0, 0.1) is 0 Å². The number of hydrogen-bond acceptors (Lipinski definition) is 5. The van der Waals surface area contributed by atoms with E-state index in [0.717, 1.165) is 12.1 Å². The van der Waals surface area contributed by atoms with Crippen molar-refractivity contribution < 1.29 is 22.4 Å². The fourth-order valence-corrected chi connectivity index (χ4v) is 4.32. The minimum atomic E-state index is -4.42. The Kier molecular flexibility index (Phi) is 6.99. The number of nitrogens with zero attached hydrogens (tertiary/aromatic N) is 3. The summed E-state index contributed by atoms with van der Waals surface area (Å²) in [7, 11) is 0. The number of carbonyl (C=O) groups is 1. The summed E-state index contributed by atoms with van der Waals surface area (Å²) >= 11 is 7.41. The molecular weight excluding hydrogens is 489 g/mol. The van der Waals surface area contributed by atoms with Crippen LogP contribution in [0.1, 0.15) is 40.3 Å². The van der Waals surface area contributed by atoms with Gasteiger partial charge in [0, 0.05) is 10.8 Å². The third-order valence-electron chi connectivity index (χ3n) is 4.87. The normalized spacial score (nSPS) is 12.5. The summed E-state index contributed by atoms with van der Waals surface area (Å²) in [5.41, 5.74) is 0.796. The maximum Gasteiger partial charge on any atom is 0.416 e. The van der Waals surface area contributed by atoms with Gasteiger partial charge in [-0.3, -0.25) is 9.36 Å². The summed E-state index contributed by atoms with van der Waals surface area (Å²) in [6, 6.07) is 13.1. The Morgan fingerprint density at radius 1 is 1.18 bits per heavy atom. The van der Waals surface area contributed by atoms with Crippen molar-refractivity contribution in [3.05, 3.63) is 94.7 Å². The first-order chi connectivity index (χ1) is 16.2. The van der Waals surface area contributed by atoms with Gasteiger partial charge in [-0.25, -0.2) is 0 Å². The number of carbonyl (C=O) groups excluding carboxylic acids is 1. The second-order valence-corrected chi connectivity index (χ2v) is 8.73. The first-order valence-electron chi connectivity index (χ1n) is 10.1. The van der Waals surface area contributed by atoms with Crippen LogP contribution in [0.15, 0.2) is 76.7 Å². The lowest BCUT2D eigenvalue weighted by Crippen LogP contribution is -2.28. The molecule has 11 heteroatoms. The smallest absolute Gasteiger partial charge is 0.416 e. The van der Waals surface area contributed by atoms with Crippen LogP contribution >= 0.6 is 23.4 Å². The van der Waals surface area contributed by atoms with E-state index >= 15 is 0 Å². The van der Waals surface area contributed by atoms with Crippen molar-refractivity contribution in [2.75, 3.05) is 0 Å². The number of nitrogens with one attached hydrogen (secondary N) is 1. The Morgan fingerprint density at radius 2 is 1.97 bits per heavy atom. The van der Waals surface area contributed by atoms with Crippen LogP contribution in [0.4, 0.5) is 13.2 Å². The number of benzene rings is 2. The van der Waals surface area contributed by atoms with E-state index in [4.69, 9.17) is 16.0 Å². The Labute approximate surface area is 202 Å². The number of furan rings is 1. The molecular formula is C23H18ClF3N4O2S. The number of amides is 1. The third-order valence-corrected chi connectivity index (χ3v) is 6.10. The van der Waals surface area contributed by atoms with Crippen molar-refractivity contribution in [2.24, 2.45) is 0 Å². The highest BCUT2D eigenvalue weighted by molar-refractivity contribution is 7.98. The molecule has 0 bridgehead atoms. The van der Waals surface area contributed by atoms with Crippen molar-refractivity contribution in [3.63, 3.8) is 0 Å². The number of halogens is 4. The average molecular weight is 507 g/mol. The van der Waals surface area contributed by atoms with E-state index in [0.29, 0.717) is 32.8 Å². The Bertz CT molecular complexity index is 1290. The molecule has 0 spiro atoms. The monoisotopic (exact) mass is 506 g/mol. The van der Waals surface area contributed by atoms with Gasteiger partial charge >= 0.3 is 6.18 Å². The van der Waals surface area contributed by atoms with Gasteiger partial charge in [0.15, 0.2) is 11.0 Å². The van der Waals surface area contributed by atoms with E-state index in [9.17, 15) is 18.0 Å². The topological polar surface area (TPSA) is 73.0 Å². The SMILES string of the molecule is C[C@H](NC(=O)c1ccoc1)c1nnc(SCc2cccc(C(F)(F)F)c2)n1-c1cccc(Cl)c1. The minimum absolute atomic E-state index is 0.235. The van der Waals surface area contributed by atoms with Gasteiger partial charge in [0.1, 0.15) is 6.26 Å². The highest BCUT2D eigenvalue weighted by Crippen LogP contribution is 2.32. The van der Waals surface area contributed by atoms with Crippen LogP contribution in [-0.2, 0) is 11.9 Å². The van der Waals surface area contributed by atoms with E-state index in [2.05, 4.69) is 15.5 Å². The highest BCUT2D eigenvalue weighted by atomic mass is 35.5. The minimum Gasteiger partial charge on any atom is -0.472 e. The molecule has 4 aromatic rings. The zero-order valence-corrected chi connectivity index (χ0v) is 19.3. The lowest BCUT2D eigenvalue weighted by molar-refractivity contribution is -0.137. The zero-order chi connectivity index (χ0) is 24.3. The molecule has 6 nitrogen and oxygen atoms in total. The molecule has 0 fully saturated rings. The van der Waals surface area contributed by atoms with Gasteiger partial charge in [-0.15, -0.1) is 10.2 Å². The maximum absolute atomic E-state index is 13.1.